The zero-order chi connectivity index (χ0) is 12.8. The van der Waals surface area contributed by atoms with Gasteiger partial charge in [0.25, 0.3) is 0 Å². The molecule has 1 heterocycles. The second kappa shape index (κ2) is 8.55. The van der Waals surface area contributed by atoms with Crippen molar-refractivity contribution in [2.75, 3.05) is 0 Å². The van der Waals surface area contributed by atoms with Crippen LogP contribution in [0, 0.1) is 40.7 Å². The predicted molar refractivity (Wildman–Crippen MR) is 73.2 cm³/mol. The number of nitrogens with zero attached hydrogens (tertiary/aromatic N) is 1. The molecule has 2 heteroatoms. The third-order valence-corrected chi connectivity index (χ3v) is 2.83. The molecule has 2 aromatic rings. The van der Waals surface area contributed by atoms with Gasteiger partial charge >= 0.3 is 0 Å². The molecule has 0 saturated carbocycles. The summed E-state index contributed by atoms with van der Waals surface area (Å²) in [5, 5.41) is 0. The van der Waals surface area contributed by atoms with Crippen molar-refractivity contribution in [3.8, 4) is 0 Å². The first-order valence-electron chi connectivity index (χ1n) is 5.85. The first-order valence-corrected chi connectivity index (χ1v) is 5.85. The third kappa shape index (κ3) is 5.88. The monoisotopic (exact) mass is 315 g/mol. The second-order valence-electron chi connectivity index (χ2n) is 4.36. The molecule has 1 aromatic heterocycles. The number of rotatable bonds is 0. The fourth-order valence-electron chi connectivity index (χ4n) is 1.38. The summed E-state index contributed by atoms with van der Waals surface area (Å²) in [7, 11) is 0. The normalized spacial score (nSPS) is 8.94. The van der Waals surface area contributed by atoms with Gasteiger partial charge in [-0.25, -0.2) is 0 Å². The van der Waals surface area contributed by atoms with E-state index in [1.54, 1.807) is 0 Å². The minimum absolute atomic E-state index is 0. The van der Waals surface area contributed by atoms with E-state index < -0.39 is 0 Å². The van der Waals surface area contributed by atoms with E-state index in [0.717, 1.165) is 5.69 Å². The van der Waals surface area contributed by atoms with Crippen LogP contribution in [0.3, 0.4) is 0 Å². The van der Waals surface area contributed by atoms with Gasteiger partial charge in [-0.05, 0) is 25.5 Å². The van der Waals surface area contributed by atoms with Crippen molar-refractivity contribution in [1.29, 1.82) is 0 Å². The molecule has 0 fully saturated rings. The van der Waals surface area contributed by atoms with Crippen molar-refractivity contribution in [1.82, 2.24) is 4.98 Å². The Labute approximate surface area is 136 Å². The molecule has 0 unspecified atom stereocenters. The minimum Gasteiger partial charge on any atom is -0.261 e. The SMILES string of the molecule is Cc1[c-]c(C)c(C)cc1.Cc1cccnc1C.[Y]. The smallest absolute Gasteiger partial charge is 0.0401 e. The van der Waals surface area contributed by atoms with E-state index in [9.17, 15) is 0 Å². The number of aryl methyl sites for hydroxylation is 5. The summed E-state index contributed by atoms with van der Waals surface area (Å²) >= 11 is 0. The maximum atomic E-state index is 4.08. The van der Waals surface area contributed by atoms with Gasteiger partial charge in [-0.1, -0.05) is 26.8 Å². The van der Waals surface area contributed by atoms with Crippen molar-refractivity contribution in [2.24, 2.45) is 0 Å². The molecule has 1 radical (unpaired) electrons. The fraction of sp³-hybridized carbons (Fsp3) is 0.312. The zero-order valence-electron chi connectivity index (χ0n) is 11.9. The molecule has 0 saturated heterocycles. The van der Waals surface area contributed by atoms with Gasteiger partial charge in [0.05, 0.1) is 0 Å². The van der Waals surface area contributed by atoms with Gasteiger partial charge in [0, 0.05) is 44.6 Å². The van der Waals surface area contributed by atoms with Gasteiger partial charge in [-0.3, -0.25) is 4.98 Å². The summed E-state index contributed by atoms with van der Waals surface area (Å²) in [4.78, 5) is 4.08. The van der Waals surface area contributed by atoms with Crippen LogP contribution in [0.4, 0.5) is 0 Å². The minimum atomic E-state index is 0. The molecule has 0 aliphatic rings. The molecular formula is C16H20NY-. The summed E-state index contributed by atoms with van der Waals surface area (Å²) < 4.78 is 0. The van der Waals surface area contributed by atoms with Gasteiger partial charge in [-0.15, -0.1) is 0 Å². The van der Waals surface area contributed by atoms with Crippen molar-refractivity contribution < 1.29 is 32.7 Å². The second-order valence-corrected chi connectivity index (χ2v) is 4.36. The van der Waals surface area contributed by atoms with E-state index in [0.29, 0.717) is 0 Å². The average molecular weight is 315 g/mol. The van der Waals surface area contributed by atoms with Crippen molar-refractivity contribution in [2.45, 2.75) is 34.6 Å². The summed E-state index contributed by atoms with van der Waals surface area (Å²) in [5.74, 6) is 0. The third-order valence-electron chi connectivity index (χ3n) is 2.83. The van der Waals surface area contributed by atoms with E-state index in [1.807, 2.05) is 19.2 Å². The molecule has 0 spiro atoms. The number of benzene rings is 1. The van der Waals surface area contributed by atoms with E-state index in [2.05, 4.69) is 56.9 Å². The molecule has 0 bridgehead atoms. The van der Waals surface area contributed by atoms with Crippen LogP contribution >= 0.6 is 0 Å². The number of aromatic nitrogens is 1. The van der Waals surface area contributed by atoms with Gasteiger partial charge in [0.1, 0.15) is 0 Å². The van der Waals surface area contributed by atoms with Crippen molar-refractivity contribution in [3.63, 3.8) is 0 Å². The largest absolute Gasteiger partial charge is 0.261 e. The molecule has 1 aromatic carbocycles. The molecule has 1 nitrogen and oxygen atoms in total. The van der Waals surface area contributed by atoms with Crippen LogP contribution in [-0.2, 0) is 32.7 Å². The molecule has 0 atom stereocenters. The first kappa shape index (κ1) is 17.5. The molecule has 2 rings (SSSR count). The van der Waals surface area contributed by atoms with E-state index in [1.165, 1.54) is 22.3 Å². The zero-order valence-corrected chi connectivity index (χ0v) is 14.7. The number of hydrogen-bond acceptors (Lipinski definition) is 1. The standard InChI is InChI=1S/C9H11.C7H9N.Y/c1-7-4-5-8(2)9(3)6-7;1-6-4-3-5-8-7(6)2;/h4-5H,1-3H3;3-5H,1-2H3;/q-1;;. The molecular weight excluding hydrogens is 295 g/mol. The Morgan fingerprint density at radius 3 is 1.94 bits per heavy atom. The maximum absolute atomic E-state index is 4.08. The Bertz CT molecular complexity index is 471. The molecule has 0 N–H and O–H groups in total. The van der Waals surface area contributed by atoms with Crippen LogP contribution in [-0.4, -0.2) is 4.98 Å². The Balaban J connectivity index is 0.000000306. The van der Waals surface area contributed by atoms with Crippen molar-refractivity contribution >= 4 is 0 Å². The summed E-state index contributed by atoms with van der Waals surface area (Å²) in [6, 6.07) is 11.5. The quantitative estimate of drug-likeness (QED) is 0.667. The Hall–Kier alpha value is -0.526. The summed E-state index contributed by atoms with van der Waals surface area (Å²) in [6.07, 6.45) is 1.81. The topological polar surface area (TPSA) is 12.9 Å². The molecule has 93 valence electrons. The predicted octanol–water partition coefficient (Wildman–Crippen LogP) is 4.11. The fourth-order valence-corrected chi connectivity index (χ4v) is 1.38. The van der Waals surface area contributed by atoms with Crippen LogP contribution in [0.2, 0.25) is 0 Å². The maximum Gasteiger partial charge on any atom is 0.0401 e. The van der Waals surface area contributed by atoms with Gasteiger partial charge in [-0.2, -0.15) is 34.9 Å². The van der Waals surface area contributed by atoms with Crippen LogP contribution in [0.25, 0.3) is 0 Å². The first-order chi connectivity index (χ1) is 8.00. The number of pyridine rings is 1. The Kier molecular flexibility index (Phi) is 8.30. The Morgan fingerprint density at radius 2 is 1.56 bits per heavy atom. The van der Waals surface area contributed by atoms with Gasteiger partial charge in [0.2, 0.25) is 0 Å². The van der Waals surface area contributed by atoms with Crippen LogP contribution in [0.1, 0.15) is 27.9 Å². The average Bonchev–Trinajstić information content (AvgIpc) is 2.29. The van der Waals surface area contributed by atoms with E-state index >= 15 is 0 Å². The molecule has 0 aliphatic heterocycles. The van der Waals surface area contributed by atoms with Gasteiger partial charge in [0.15, 0.2) is 0 Å². The van der Waals surface area contributed by atoms with Crippen LogP contribution in [0.15, 0.2) is 30.5 Å². The summed E-state index contributed by atoms with van der Waals surface area (Å²) in [6.45, 7) is 10.3. The van der Waals surface area contributed by atoms with Crippen molar-refractivity contribution in [3.05, 3.63) is 64.5 Å². The van der Waals surface area contributed by atoms with E-state index in [-0.39, 0.29) is 32.7 Å². The van der Waals surface area contributed by atoms with Crippen LogP contribution in [0.5, 0.6) is 0 Å². The van der Waals surface area contributed by atoms with Gasteiger partial charge < -0.3 is 0 Å². The number of hydrogen-bond donors (Lipinski definition) is 0. The molecule has 18 heavy (non-hydrogen) atoms. The molecule has 0 amide bonds. The summed E-state index contributed by atoms with van der Waals surface area (Å²) in [5.41, 5.74) is 6.17. The Morgan fingerprint density at radius 1 is 0.889 bits per heavy atom. The molecule has 0 aliphatic carbocycles. The van der Waals surface area contributed by atoms with Crippen LogP contribution < -0.4 is 0 Å². The van der Waals surface area contributed by atoms with E-state index in [4.69, 9.17) is 0 Å².